The van der Waals surface area contributed by atoms with Crippen molar-refractivity contribution in [2.24, 2.45) is 5.92 Å². The maximum Gasteiger partial charge on any atom is 0.416 e. The number of alkyl halides is 6. The lowest BCUT2D eigenvalue weighted by Gasteiger charge is -2.40. The minimum Gasteiger partial charge on any atom is -0.481 e. The number of likely N-dealkylation sites (tertiary alicyclic amines) is 1. The predicted molar refractivity (Wildman–Crippen MR) is 115 cm³/mol. The van der Waals surface area contributed by atoms with Crippen molar-refractivity contribution in [3.05, 3.63) is 70.3 Å². The van der Waals surface area contributed by atoms with Gasteiger partial charge in [0.15, 0.2) is 0 Å². The Bertz CT molecular complexity index is 984. The van der Waals surface area contributed by atoms with Crippen LogP contribution in [0.25, 0.3) is 0 Å². The Labute approximate surface area is 194 Å². The van der Waals surface area contributed by atoms with E-state index in [0.29, 0.717) is 36.9 Å². The fourth-order valence-corrected chi connectivity index (χ4v) is 4.63. The molecule has 1 N–H and O–H groups in total. The summed E-state index contributed by atoms with van der Waals surface area (Å²) in [5.74, 6) is -1.12. The molecule has 2 unspecified atom stereocenters. The van der Waals surface area contributed by atoms with E-state index in [1.807, 2.05) is 11.8 Å². The molecule has 2 atom stereocenters. The van der Waals surface area contributed by atoms with Crippen molar-refractivity contribution in [2.45, 2.75) is 64.0 Å². The molecule has 0 bridgehead atoms. The standard InChI is InChI=1S/C25H27F6NO2/c1-2-3-17-4-9-21(25(29,30)31)14-19(17)15-32-11-10-16(13-23(33)34)12-22(32)18-5-7-20(8-6-18)24(26,27)28/h4-9,14,16,22H,2-3,10-13,15H2,1H3,(H,33,34). The zero-order valence-electron chi connectivity index (χ0n) is 18.7. The summed E-state index contributed by atoms with van der Waals surface area (Å²) in [6, 6.07) is 8.04. The Morgan fingerprint density at radius 3 is 2.15 bits per heavy atom. The molecule has 1 aliphatic heterocycles. The molecule has 0 radical (unpaired) electrons. The SMILES string of the molecule is CCCc1ccc(C(F)(F)F)cc1CN1CCC(CC(=O)O)CC1c1ccc(C(F)(F)F)cc1. The summed E-state index contributed by atoms with van der Waals surface area (Å²) >= 11 is 0. The quantitative estimate of drug-likeness (QED) is 0.424. The van der Waals surface area contributed by atoms with E-state index < -0.39 is 35.5 Å². The van der Waals surface area contributed by atoms with E-state index in [-0.39, 0.29) is 18.9 Å². The van der Waals surface area contributed by atoms with Crippen LogP contribution in [0.4, 0.5) is 26.3 Å². The molecular formula is C25H27F6NO2. The summed E-state index contributed by atoms with van der Waals surface area (Å²) < 4.78 is 79.1. The highest BCUT2D eigenvalue weighted by Crippen LogP contribution is 2.39. The van der Waals surface area contributed by atoms with Crippen LogP contribution >= 0.6 is 0 Å². The van der Waals surface area contributed by atoms with Crippen LogP contribution in [0.15, 0.2) is 42.5 Å². The maximum atomic E-state index is 13.4. The molecule has 0 aliphatic carbocycles. The summed E-state index contributed by atoms with van der Waals surface area (Å²) in [7, 11) is 0. The third-order valence-corrected chi connectivity index (χ3v) is 6.33. The van der Waals surface area contributed by atoms with Crippen LogP contribution in [-0.4, -0.2) is 22.5 Å². The minimum atomic E-state index is -4.49. The van der Waals surface area contributed by atoms with Gasteiger partial charge in [-0.2, -0.15) is 26.3 Å². The zero-order valence-corrected chi connectivity index (χ0v) is 18.7. The number of benzene rings is 2. The molecule has 1 heterocycles. The van der Waals surface area contributed by atoms with E-state index in [9.17, 15) is 36.2 Å². The second kappa shape index (κ2) is 10.4. The Morgan fingerprint density at radius 2 is 1.59 bits per heavy atom. The minimum absolute atomic E-state index is 0.0599. The Morgan fingerprint density at radius 1 is 0.971 bits per heavy atom. The molecule has 0 spiro atoms. The third-order valence-electron chi connectivity index (χ3n) is 6.33. The number of aryl methyl sites for hydroxylation is 1. The van der Waals surface area contributed by atoms with Crippen LogP contribution in [0, 0.1) is 5.92 Å². The van der Waals surface area contributed by atoms with E-state index in [4.69, 9.17) is 0 Å². The normalized spacial score (nSPS) is 19.9. The average Bonchev–Trinajstić information content (AvgIpc) is 2.74. The number of nitrogens with zero attached hydrogens (tertiary/aromatic N) is 1. The van der Waals surface area contributed by atoms with Crippen molar-refractivity contribution in [1.29, 1.82) is 0 Å². The van der Waals surface area contributed by atoms with Gasteiger partial charge in [-0.15, -0.1) is 0 Å². The molecule has 186 valence electrons. The predicted octanol–water partition coefficient (Wildman–Crippen LogP) is 7.10. The molecule has 0 saturated carbocycles. The van der Waals surface area contributed by atoms with E-state index in [0.717, 1.165) is 36.2 Å². The largest absolute Gasteiger partial charge is 0.481 e. The van der Waals surface area contributed by atoms with Crippen molar-refractivity contribution in [3.63, 3.8) is 0 Å². The Kier molecular flexibility index (Phi) is 7.95. The Hall–Kier alpha value is -2.55. The van der Waals surface area contributed by atoms with Crippen molar-refractivity contribution in [1.82, 2.24) is 4.90 Å². The van der Waals surface area contributed by atoms with Gasteiger partial charge in [-0.05, 0) is 72.7 Å². The summed E-state index contributed by atoms with van der Waals surface area (Å²) in [6.07, 6.45) is -6.72. The molecule has 0 aromatic heterocycles. The van der Waals surface area contributed by atoms with Crippen molar-refractivity contribution < 1.29 is 36.2 Å². The highest BCUT2D eigenvalue weighted by atomic mass is 19.4. The number of rotatable bonds is 7. The van der Waals surface area contributed by atoms with Gasteiger partial charge in [0.2, 0.25) is 0 Å². The number of hydrogen-bond acceptors (Lipinski definition) is 2. The average molecular weight is 487 g/mol. The Balaban J connectivity index is 1.94. The van der Waals surface area contributed by atoms with Gasteiger partial charge in [-0.1, -0.05) is 31.5 Å². The van der Waals surface area contributed by atoms with Gasteiger partial charge in [0.05, 0.1) is 11.1 Å². The van der Waals surface area contributed by atoms with Gasteiger partial charge >= 0.3 is 18.3 Å². The van der Waals surface area contributed by atoms with Crippen molar-refractivity contribution in [3.8, 4) is 0 Å². The van der Waals surface area contributed by atoms with Crippen LogP contribution in [0.1, 0.15) is 66.5 Å². The van der Waals surface area contributed by atoms with Crippen LogP contribution in [0.3, 0.4) is 0 Å². The fraction of sp³-hybridized carbons (Fsp3) is 0.480. The first-order chi connectivity index (χ1) is 15.9. The smallest absolute Gasteiger partial charge is 0.416 e. The molecule has 1 aliphatic rings. The van der Waals surface area contributed by atoms with E-state index >= 15 is 0 Å². The maximum absolute atomic E-state index is 13.4. The monoisotopic (exact) mass is 487 g/mol. The molecule has 34 heavy (non-hydrogen) atoms. The van der Waals surface area contributed by atoms with E-state index in [1.165, 1.54) is 18.2 Å². The highest BCUT2D eigenvalue weighted by Gasteiger charge is 2.35. The second-order valence-electron chi connectivity index (χ2n) is 8.83. The lowest BCUT2D eigenvalue weighted by molar-refractivity contribution is -0.139. The summed E-state index contributed by atoms with van der Waals surface area (Å²) in [5.41, 5.74) is 0.393. The first kappa shape index (κ1) is 26.1. The van der Waals surface area contributed by atoms with Crippen molar-refractivity contribution in [2.75, 3.05) is 6.54 Å². The number of hydrogen-bond donors (Lipinski definition) is 1. The summed E-state index contributed by atoms with van der Waals surface area (Å²) in [6.45, 7) is 2.57. The summed E-state index contributed by atoms with van der Waals surface area (Å²) in [5, 5.41) is 9.21. The topological polar surface area (TPSA) is 40.5 Å². The fourth-order valence-electron chi connectivity index (χ4n) is 4.63. The number of carbonyl (C=O) groups is 1. The number of piperidine rings is 1. The zero-order chi connectivity index (χ0) is 25.1. The number of halogens is 6. The van der Waals surface area contributed by atoms with Gasteiger partial charge in [-0.3, -0.25) is 9.69 Å². The van der Waals surface area contributed by atoms with E-state index in [1.54, 1.807) is 0 Å². The summed E-state index contributed by atoms with van der Waals surface area (Å²) in [4.78, 5) is 13.2. The molecule has 3 rings (SSSR count). The first-order valence-electron chi connectivity index (χ1n) is 11.2. The number of carboxylic acid groups (broad SMARTS) is 1. The van der Waals surface area contributed by atoms with Gasteiger partial charge in [-0.25, -0.2) is 0 Å². The van der Waals surface area contributed by atoms with E-state index in [2.05, 4.69) is 0 Å². The highest BCUT2D eigenvalue weighted by molar-refractivity contribution is 5.67. The second-order valence-corrected chi connectivity index (χ2v) is 8.83. The third kappa shape index (κ3) is 6.52. The molecular weight excluding hydrogens is 460 g/mol. The molecule has 1 saturated heterocycles. The van der Waals surface area contributed by atoms with Crippen LogP contribution in [0.5, 0.6) is 0 Å². The van der Waals surface area contributed by atoms with Gasteiger partial charge in [0.1, 0.15) is 0 Å². The van der Waals surface area contributed by atoms with Gasteiger partial charge < -0.3 is 5.11 Å². The van der Waals surface area contributed by atoms with Gasteiger partial charge in [0.25, 0.3) is 0 Å². The molecule has 1 fully saturated rings. The lowest BCUT2D eigenvalue weighted by atomic mass is 9.84. The molecule has 9 heteroatoms. The van der Waals surface area contributed by atoms with Gasteiger partial charge in [0, 0.05) is 19.0 Å². The molecule has 2 aromatic carbocycles. The lowest BCUT2D eigenvalue weighted by Crippen LogP contribution is -2.37. The number of carboxylic acids is 1. The molecule has 2 aromatic rings. The molecule has 0 amide bonds. The number of aliphatic carboxylic acids is 1. The first-order valence-corrected chi connectivity index (χ1v) is 11.2. The van der Waals surface area contributed by atoms with Crippen LogP contribution < -0.4 is 0 Å². The molecule has 3 nitrogen and oxygen atoms in total. The van der Waals surface area contributed by atoms with Crippen molar-refractivity contribution >= 4 is 5.97 Å². The van der Waals surface area contributed by atoms with Crippen LogP contribution in [0.2, 0.25) is 0 Å². The van der Waals surface area contributed by atoms with Crippen LogP contribution in [-0.2, 0) is 30.1 Å².